The first-order valence-corrected chi connectivity index (χ1v) is 6.02. The Morgan fingerprint density at radius 3 is 2.65 bits per heavy atom. The Labute approximate surface area is 103 Å². The third-order valence-corrected chi connectivity index (χ3v) is 3.40. The van der Waals surface area contributed by atoms with Gasteiger partial charge in [-0.1, -0.05) is 0 Å². The first-order chi connectivity index (χ1) is 7.86. The number of methoxy groups -OCH3 is 1. The minimum atomic E-state index is -0.711. The van der Waals surface area contributed by atoms with Gasteiger partial charge in [-0.05, 0) is 20.9 Å². The summed E-state index contributed by atoms with van der Waals surface area (Å²) in [6, 6.07) is 0. The summed E-state index contributed by atoms with van der Waals surface area (Å²) in [4.78, 5) is 15.5. The summed E-state index contributed by atoms with van der Waals surface area (Å²) in [5.41, 5.74) is -0.0164. The molecule has 1 aliphatic rings. The van der Waals surface area contributed by atoms with Crippen molar-refractivity contribution in [2.75, 3.05) is 46.9 Å². The van der Waals surface area contributed by atoms with E-state index in [4.69, 9.17) is 4.74 Å². The van der Waals surface area contributed by atoms with Crippen LogP contribution in [0, 0.1) is 5.92 Å². The van der Waals surface area contributed by atoms with Crippen LogP contribution < -0.4 is 0 Å². The normalized spacial score (nSPS) is 26.7. The molecule has 0 aliphatic carbocycles. The SMILES string of the molecule is COCCN1CC(C(=O)O)CN(C)CC1(C)C. The van der Waals surface area contributed by atoms with Gasteiger partial charge in [0.05, 0.1) is 12.5 Å². The highest BCUT2D eigenvalue weighted by Gasteiger charge is 2.36. The lowest BCUT2D eigenvalue weighted by molar-refractivity contribution is -0.142. The van der Waals surface area contributed by atoms with Crippen molar-refractivity contribution in [3.63, 3.8) is 0 Å². The van der Waals surface area contributed by atoms with Crippen LogP contribution in [-0.2, 0) is 9.53 Å². The van der Waals surface area contributed by atoms with Crippen LogP contribution in [0.25, 0.3) is 0 Å². The van der Waals surface area contributed by atoms with Crippen LogP contribution in [0.1, 0.15) is 13.8 Å². The minimum Gasteiger partial charge on any atom is -0.481 e. The minimum absolute atomic E-state index is 0.0164. The fraction of sp³-hybridized carbons (Fsp3) is 0.917. The van der Waals surface area contributed by atoms with Gasteiger partial charge in [-0.15, -0.1) is 0 Å². The molecule has 1 rings (SSSR count). The van der Waals surface area contributed by atoms with E-state index in [1.165, 1.54) is 0 Å². The maximum absolute atomic E-state index is 11.2. The predicted molar refractivity (Wildman–Crippen MR) is 66.2 cm³/mol. The number of hydrogen-bond donors (Lipinski definition) is 1. The van der Waals surface area contributed by atoms with E-state index >= 15 is 0 Å². The Kier molecular flexibility index (Phi) is 4.91. The molecule has 0 saturated carbocycles. The molecule has 0 aromatic rings. The molecular formula is C12H24N2O3. The van der Waals surface area contributed by atoms with Gasteiger partial charge < -0.3 is 14.7 Å². The van der Waals surface area contributed by atoms with E-state index in [0.29, 0.717) is 19.7 Å². The fourth-order valence-corrected chi connectivity index (χ4v) is 2.52. The molecule has 0 radical (unpaired) electrons. The maximum Gasteiger partial charge on any atom is 0.309 e. The van der Waals surface area contributed by atoms with Crippen molar-refractivity contribution < 1.29 is 14.6 Å². The summed E-state index contributed by atoms with van der Waals surface area (Å²) in [5, 5.41) is 9.21. The Morgan fingerprint density at radius 2 is 2.12 bits per heavy atom. The smallest absolute Gasteiger partial charge is 0.309 e. The Bertz CT molecular complexity index is 268. The van der Waals surface area contributed by atoms with Crippen molar-refractivity contribution in [1.82, 2.24) is 9.80 Å². The summed E-state index contributed by atoms with van der Waals surface area (Å²) >= 11 is 0. The number of nitrogens with zero attached hydrogens (tertiary/aromatic N) is 2. The maximum atomic E-state index is 11.2. The van der Waals surface area contributed by atoms with Crippen LogP contribution in [-0.4, -0.2) is 73.4 Å². The average Bonchev–Trinajstić information content (AvgIpc) is 2.31. The summed E-state index contributed by atoms with van der Waals surface area (Å²) in [6.45, 7) is 7.81. The monoisotopic (exact) mass is 244 g/mol. The molecule has 1 fully saturated rings. The Balaban J connectivity index is 2.78. The second-order valence-corrected chi connectivity index (χ2v) is 5.48. The molecule has 5 nitrogen and oxygen atoms in total. The number of aliphatic carboxylic acids is 1. The highest BCUT2D eigenvalue weighted by molar-refractivity contribution is 5.70. The third-order valence-electron chi connectivity index (χ3n) is 3.40. The Morgan fingerprint density at radius 1 is 1.47 bits per heavy atom. The molecular weight excluding hydrogens is 220 g/mol. The molecule has 1 N–H and O–H groups in total. The molecule has 1 heterocycles. The Hall–Kier alpha value is -0.650. The predicted octanol–water partition coefficient (Wildman–Crippen LogP) is 0.360. The van der Waals surface area contributed by atoms with E-state index in [-0.39, 0.29) is 11.5 Å². The van der Waals surface area contributed by atoms with Gasteiger partial charge in [0.25, 0.3) is 0 Å². The van der Waals surface area contributed by atoms with E-state index in [9.17, 15) is 9.90 Å². The molecule has 5 heteroatoms. The third kappa shape index (κ3) is 3.94. The van der Waals surface area contributed by atoms with E-state index in [0.717, 1.165) is 13.1 Å². The summed E-state index contributed by atoms with van der Waals surface area (Å²) in [6.07, 6.45) is 0. The van der Waals surface area contributed by atoms with Crippen LogP contribution in [0.3, 0.4) is 0 Å². The van der Waals surface area contributed by atoms with Gasteiger partial charge in [-0.25, -0.2) is 0 Å². The first kappa shape index (κ1) is 14.4. The quantitative estimate of drug-likeness (QED) is 0.774. The molecule has 17 heavy (non-hydrogen) atoms. The van der Waals surface area contributed by atoms with Gasteiger partial charge in [0.2, 0.25) is 0 Å². The number of ether oxygens (including phenoxy) is 1. The van der Waals surface area contributed by atoms with Crippen molar-refractivity contribution in [3.05, 3.63) is 0 Å². The topological polar surface area (TPSA) is 53.0 Å². The fourth-order valence-electron chi connectivity index (χ4n) is 2.52. The van der Waals surface area contributed by atoms with Gasteiger partial charge in [0.15, 0.2) is 0 Å². The molecule has 100 valence electrons. The van der Waals surface area contributed by atoms with E-state index in [1.54, 1.807) is 7.11 Å². The van der Waals surface area contributed by atoms with E-state index in [1.807, 2.05) is 7.05 Å². The van der Waals surface area contributed by atoms with Gasteiger partial charge in [0.1, 0.15) is 0 Å². The zero-order chi connectivity index (χ0) is 13.1. The van der Waals surface area contributed by atoms with Gasteiger partial charge in [-0.3, -0.25) is 9.69 Å². The van der Waals surface area contributed by atoms with Crippen LogP contribution in [0.4, 0.5) is 0 Å². The van der Waals surface area contributed by atoms with Gasteiger partial charge >= 0.3 is 5.97 Å². The van der Waals surface area contributed by atoms with E-state index in [2.05, 4.69) is 23.6 Å². The molecule has 1 aliphatic heterocycles. The molecule has 0 bridgehead atoms. The number of hydrogen-bond acceptors (Lipinski definition) is 4. The lowest BCUT2D eigenvalue weighted by atomic mass is 10.0. The van der Waals surface area contributed by atoms with Gasteiger partial charge in [0, 0.05) is 38.8 Å². The average molecular weight is 244 g/mol. The van der Waals surface area contributed by atoms with Crippen molar-refractivity contribution in [1.29, 1.82) is 0 Å². The van der Waals surface area contributed by atoms with Gasteiger partial charge in [-0.2, -0.15) is 0 Å². The molecule has 1 atom stereocenters. The number of likely N-dealkylation sites (N-methyl/N-ethyl adjacent to an activating group) is 1. The van der Waals surface area contributed by atoms with Crippen LogP contribution >= 0.6 is 0 Å². The van der Waals surface area contributed by atoms with Crippen molar-refractivity contribution in [2.24, 2.45) is 5.92 Å². The molecule has 0 aromatic carbocycles. The van der Waals surface area contributed by atoms with Crippen molar-refractivity contribution >= 4 is 5.97 Å². The highest BCUT2D eigenvalue weighted by atomic mass is 16.5. The highest BCUT2D eigenvalue weighted by Crippen LogP contribution is 2.22. The number of rotatable bonds is 4. The summed E-state index contributed by atoms with van der Waals surface area (Å²) in [7, 11) is 3.66. The molecule has 0 amide bonds. The number of carbonyl (C=O) groups is 1. The number of carboxylic acid groups (broad SMARTS) is 1. The second-order valence-electron chi connectivity index (χ2n) is 5.48. The van der Waals surface area contributed by atoms with Crippen LogP contribution in [0.5, 0.6) is 0 Å². The van der Waals surface area contributed by atoms with E-state index < -0.39 is 5.97 Å². The van der Waals surface area contributed by atoms with Crippen LogP contribution in [0.2, 0.25) is 0 Å². The molecule has 0 spiro atoms. The zero-order valence-corrected chi connectivity index (χ0v) is 11.3. The largest absolute Gasteiger partial charge is 0.481 e. The van der Waals surface area contributed by atoms with Crippen LogP contribution in [0.15, 0.2) is 0 Å². The summed E-state index contributed by atoms with van der Waals surface area (Å²) in [5.74, 6) is -1.03. The lowest BCUT2D eigenvalue weighted by Crippen LogP contribution is -2.50. The zero-order valence-electron chi connectivity index (χ0n) is 11.3. The standard InChI is InChI=1S/C12H24N2O3/c1-12(2)9-13(3)7-10(11(15)16)8-14(12)5-6-17-4/h10H,5-9H2,1-4H3,(H,15,16). The van der Waals surface area contributed by atoms with Crippen molar-refractivity contribution in [2.45, 2.75) is 19.4 Å². The lowest BCUT2D eigenvalue weighted by Gasteiger charge is -2.38. The first-order valence-electron chi connectivity index (χ1n) is 6.02. The van der Waals surface area contributed by atoms with Crippen molar-refractivity contribution in [3.8, 4) is 0 Å². The molecule has 1 unspecified atom stereocenters. The molecule has 0 aromatic heterocycles. The number of carboxylic acids is 1. The molecule has 1 saturated heterocycles. The second kappa shape index (κ2) is 5.80. The summed E-state index contributed by atoms with van der Waals surface area (Å²) < 4.78 is 5.10.